The minimum atomic E-state index is -0.693. The number of alkyl halides is 1. The van der Waals surface area contributed by atoms with Gasteiger partial charge in [0.25, 0.3) is 5.56 Å². The van der Waals surface area contributed by atoms with Gasteiger partial charge in [-0.2, -0.15) is 0 Å². The van der Waals surface area contributed by atoms with Crippen molar-refractivity contribution in [3.05, 3.63) is 69.4 Å². The summed E-state index contributed by atoms with van der Waals surface area (Å²) in [5, 5.41) is 19.3. The van der Waals surface area contributed by atoms with Gasteiger partial charge in [-0.15, -0.1) is 5.11 Å². The third kappa shape index (κ3) is 7.41. The molecule has 3 N–H and O–H groups in total. The smallest absolute Gasteiger partial charge is 0.406 e. The number of hydrogen-bond donors (Lipinski definition) is 3. The van der Waals surface area contributed by atoms with Crippen LogP contribution in [0.25, 0.3) is 11.3 Å². The van der Waals surface area contributed by atoms with Gasteiger partial charge in [0, 0.05) is 28.9 Å². The molecule has 2 amide bonds. The Morgan fingerprint density at radius 1 is 1.20 bits per heavy atom. The molecule has 1 aromatic carbocycles. The highest BCUT2D eigenvalue weighted by molar-refractivity contribution is 6.31. The van der Waals surface area contributed by atoms with Crippen molar-refractivity contribution in [1.82, 2.24) is 25.5 Å². The van der Waals surface area contributed by atoms with Crippen LogP contribution in [0.15, 0.2) is 69.1 Å². The number of ether oxygens (including phenoxy) is 1. The van der Waals surface area contributed by atoms with Gasteiger partial charge in [0.05, 0.1) is 43.9 Å². The number of carbonyl (C=O) groups excluding carboxylic acids is 2. The van der Waals surface area contributed by atoms with Crippen LogP contribution in [0.3, 0.4) is 0 Å². The molecule has 1 aromatic heterocycles. The first-order valence-corrected chi connectivity index (χ1v) is 15.5. The van der Waals surface area contributed by atoms with E-state index in [0.717, 1.165) is 43.4 Å². The third-order valence-electron chi connectivity index (χ3n) is 7.98. The maximum Gasteiger partial charge on any atom is 0.406 e. The molecule has 2 aromatic rings. The number of nitrogens with one attached hydrogen (secondary N) is 3. The van der Waals surface area contributed by atoms with Crippen LogP contribution in [0.4, 0.5) is 10.5 Å². The Kier molecular flexibility index (Phi) is 10.2. The maximum absolute atomic E-state index is 13.8. The summed E-state index contributed by atoms with van der Waals surface area (Å²) in [6.07, 6.45) is 9.10. The number of hydrogen-bond acceptors (Lipinski definition) is 9. The summed E-state index contributed by atoms with van der Waals surface area (Å²) in [4.78, 5) is 43.2. The first-order valence-electron chi connectivity index (χ1n) is 14.7. The predicted molar refractivity (Wildman–Crippen MR) is 169 cm³/mol. The van der Waals surface area contributed by atoms with Crippen LogP contribution in [0.2, 0.25) is 5.02 Å². The molecule has 3 aliphatic rings. The molecule has 12 nitrogen and oxygen atoms in total. The Balaban J connectivity index is 1.46. The summed E-state index contributed by atoms with van der Waals surface area (Å²) < 4.78 is 6.37. The summed E-state index contributed by atoms with van der Waals surface area (Å²) in [6, 6.07) is 5.89. The molecule has 2 unspecified atom stereocenters. The van der Waals surface area contributed by atoms with E-state index in [9.17, 15) is 14.4 Å². The summed E-state index contributed by atoms with van der Waals surface area (Å²) in [6.45, 7) is 3.03. The number of rotatable bonds is 5. The van der Waals surface area contributed by atoms with Crippen LogP contribution in [0.1, 0.15) is 45.1 Å². The maximum atomic E-state index is 13.8. The van der Waals surface area contributed by atoms with E-state index in [1.165, 1.54) is 13.2 Å². The molecule has 4 atom stereocenters. The molecule has 234 valence electrons. The highest BCUT2D eigenvalue weighted by Gasteiger charge is 2.27. The van der Waals surface area contributed by atoms with Crippen molar-refractivity contribution in [3.63, 3.8) is 0 Å². The largest absolute Gasteiger partial charge is 0.453 e. The van der Waals surface area contributed by atoms with E-state index < -0.39 is 17.6 Å². The van der Waals surface area contributed by atoms with E-state index in [4.69, 9.17) is 32.9 Å². The fraction of sp³-hybridized carbons (Fsp3) is 0.467. The van der Waals surface area contributed by atoms with E-state index in [1.807, 2.05) is 12.1 Å². The Labute approximate surface area is 265 Å². The zero-order valence-corrected chi connectivity index (χ0v) is 26.1. The fourth-order valence-electron chi connectivity index (χ4n) is 5.56. The highest BCUT2D eigenvalue weighted by Crippen LogP contribution is 2.35. The third-order valence-corrected chi connectivity index (χ3v) is 8.45. The first-order chi connectivity index (χ1) is 21.2. The van der Waals surface area contributed by atoms with E-state index >= 15 is 0 Å². The van der Waals surface area contributed by atoms with Crippen molar-refractivity contribution in [2.45, 2.75) is 56.6 Å². The molecule has 44 heavy (non-hydrogen) atoms. The van der Waals surface area contributed by atoms with Crippen molar-refractivity contribution >= 4 is 40.9 Å². The number of allylic oxidation sites excluding steroid dienone is 4. The van der Waals surface area contributed by atoms with Gasteiger partial charge in [-0.25, -0.2) is 14.8 Å². The van der Waals surface area contributed by atoms with Crippen molar-refractivity contribution in [2.75, 3.05) is 31.8 Å². The van der Waals surface area contributed by atoms with Gasteiger partial charge >= 0.3 is 6.09 Å². The highest BCUT2D eigenvalue weighted by atomic mass is 35.5. The molecule has 0 saturated heterocycles. The molecular formula is C30H36Cl2N8O4. The lowest BCUT2D eigenvalue weighted by molar-refractivity contribution is -0.122. The van der Waals surface area contributed by atoms with Gasteiger partial charge in [-0.3, -0.25) is 14.2 Å². The molecule has 0 fully saturated rings. The van der Waals surface area contributed by atoms with Gasteiger partial charge < -0.3 is 20.7 Å². The lowest BCUT2D eigenvalue weighted by atomic mass is 9.89. The second kappa shape index (κ2) is 14.3. The van der Waals surface area contributed by atoms with Crippen molar-refractivity contribution in [2.24, 2.45) is 16.3 Å². The van der Waals surface area contributed by atoms with Crippen LogP contribution in [-0.2, 0) is 9.53 Å². The van der Waals surface area contributed by atoms with Crippen LogP contribution < -0.4 is 26.5 Å². The van der Waals surface area contributed by atoms with Crippen LogP contribution in [0.5, 0.6) is 0 Å². The van der Waals surface area contributed by atoms with Gasteiger partial charge in [0.1, 0.15) is 6.04 Å². The molecule has 0 radical (unpaired) electrons. The number of aromatic nitrogens is 2. The molecule has 5 rings (SSSR count). The van der Waals surface area contributed by atoms with Gasteiger partial charge in [0.15, 0.2) is 5.50 Å². The molecule has 0 saturated carbocycles. The summed E-state index contributed by atoms with van der Waals surface area (Å²) in [5.41, 5.74) is 2.99. The normalized spacial score (nSPS) is 24.1. The number of methoxy groups -OCH3 is 1. The Hall–Kier alpha value is -3.90. The molecular weight excluding hydrogens is 607 g/mol. The van der Waals surface area contributed by atoms with Gasteiger partial charge in [0.2, 0.25) is 5.91 Å². The van der Waals surface area contributed by atoms with Gasteiger partial charge in [-0.1, -0.05) is 54.3 Å². The van der Waals surface area contributed by atoms with Gasteiger partial charge in [-0.05, 0) is 55.0 Å². The topological polar surface area (TPSA) is 142 Å². The molecule has 1 aliphatic carbocycles. The van der Waals surface area contributed by atoms with E-state index in [-0.39, 0.29) is 30.0 Å². The summed E-state index contributed by atoms with van der Waals surface area (Å²) in [7, 11) is 1.28. The van der Waals surface area contributed by atoms with Crippen LogP contribution in [-0.4, -0.2) is 59.8 Å². The lowest BCUT2D eigenvalue weighted by Gasteiger charge is -2.29. The van der Waals surface area contributed by atoms with Crippen LogP contribution in [0, 0.1) is 5.92 Å². The minimum Gasteiger partial charge on any atom is -0.453 e. The molecule has 2 aliphatic heterocycles. The number of benzene rings is 1. The fourth-order valence-corrected chi connectivity index (χ4v) is 5.90. The average Bonchev–Trinajstić information content (AvgIpc) is 3.45. The molecule has 2 bridgehead atoms. The number of carbonyl (C=O) groups is 2. The number of alkyl carbamates (subject to hydrolysis) is 1. The molecule has 3 heterocycles. The number of nitrogens with zero attached hydrogens (tertiary/aromatic N) is 5. The van der Waals surface area contributed by atoms with Crippen molar-refractivity contribution < 1.29 is 14.3 Å². The zero-order chi connectivity index (χ0) is 31.2. The van der Waals surface area contributed by atoms with Crippen molar-refractivity contribution in [1.29, 1.82) is 0 Å². The zero-order valence-electron chi connectivity index (χ0n) is 24.6. The second-order valence-corrected chi connectivity index (χ2v) is 12.0. The first kappa shape index (κ1) is 31.5. The molecule has 14 heteroatoms. The number of anilines is 1. The quantitative estimate of drug-likeness (QED) is 0.317. The molecule has 0 spiro atoms. The monoisotopic (exact) mass is 642 g/mol. The SMILES string of the molecule is COC(=O)NC[C@H]1NC2=CC(=CCC2C)[C@@H](n2cnc(-c3cc(Cl)ccc3N3CC(Cl)N=N3)cc2=O)CCCCCNC1=O. The van der Waals surface area contributed by atoms with Crippen molar-refractivity contribution in [3.8, 4) is 11.3 Å². The Bertz CT molecular complexity index is 1540. The number of halogens is 2. The van der Waals surface area contributed by atoms with E-state index in [1.54, 1.807) is 28.0 Å². The minimum absolute atomic E-state index is 0.0612. The predicted octanol–water partition coefficient (Wildman–Crippen LogP) is 4.71. The van der Waals surface area contributed by atoms with Crippen LogP contribution >= 0.6 is 23.2 Å². The number of amides is 2. The summed E-state index contributed by atoms with van der Waals surface area (Å²) in [5.74, 6) is -0.0958. The Morgan fingerprint density at radius 3 is 2.80 bits per heavy atom. The van der Waals surface area contributed by atoms with E-state index in [2.05, 4.69) is 39.3 Å². The second-order valence-electron chi connectivity index (χ2n) is 11.1. The van der Waals surface area contributed by atoms with E-state index in [0.29, 0.717) is 35.1 Å². The summed E-state index contributed by atoms with van der Waals surface area (Å²) >= 11 is 12.5. The standard InChI is InChI=1S/C30H36Cl2N8O4/c1-18-7-8-19-12-22(18)36-24(15-34-30(43)44-2)29(42)33-11-5-3-4-6-25(19)39-17-35-23(14-28(39)41)21-13-20(31)9-10-26(21)40-16-27(32)37-38-40/h8-10,12-14,17-18,24-25,27,36H,3-7,11,15-16H2,1-2H3,(H,33,42)(H,34,43)/t18?,24-,25+,27?/m1/s1. The Morgan fingerprint density at radius 2 is 2.05 bits per heavy atom. The lowest BCUT2D eigenvalue weighted by Crippen LogP contribution is -2.51. The number of fused-ring (bicyclic) bond motifs is 1. The average molecular weight is 644 g/mol.